The summed E-state index contributed by atoms with van der Waals surface area (Å²) in [7, 11) is 1.40. The lowest BCUT2D eigenvalue weighted by Crippen LogP contribution is -2.35. The number of likely N-dealkylation sites (N-methyl/N-ethyl adjacent to an activating group) is 1. The van der Waals surface area contributed by atoms with E-state index in [-0.39, 0.29) is 0 Å². The number of carboxylic acids is 1. The van der Waals surface area contributed by atoms with Crippen LogP contribution < -0.4 is 5.32 Å². The van der Waals surface area contributed by atoms with E-state index in [4.69, 9.17) is 5.11 Å². The molecule has 0 fully saturated rings. The molecule has 0 radical (unpaired) electrons. The summed E-state index contributed by atoms with van der Waals surface area (Å²) in [6.07, 6.45) is 0. The number of hydrogen-bond donors (Lipinski definition) is 2. The van der Waals surface area contributed by atoms with Crippen LogP contribution >= 0.6 is 0 Å². The van der Waals surface area contributed by atoms with Gasteiger partial charge in [-0.05, 0) is 7.05 Å². The second-order valence-electron chi connectivity index (χ2n) is 1.33. The van der Waals surface area contributed by atoms with Crippen LogP contribution in [0.3, 0.4) is 0 Å². The third-order valence-corrected chi connectivity index (χ3v) is 0.801. The first-order valence-corrected chi connectivity index (χ1v) is 2.18. The van der Waals surface area contributed by atoms with Crippen molar-refractivity contribution in [2.24, 2.45) is 0 Å². The van der Waals surface area contributed by atoms with E-state index in [0.717, 1.165) is 0 Å². The van der Waals surface area contributed by atoms with Crippen LogP contribution in [0, 0.1) is 0 Å². The number of alkyl halides is 1. The van der Waals surface area contributed by atoms with Crippen molar-refractivity contribution in [3.63, 3.8) is 0 Å². The molecule has 0 aliphatic heterocycles. The van der Waals surface area contributed by atoms with Crippen LogP contribution in [0.5, 0.6) is 0 Å². The van der Waals surface area contributed by atoms with Crippen LogP contribution in [0.15, 0.2) is 0 Å². The minimum Gasteiger partial charge on any atom is -0.480 e. The standard InChI is InChI=1S/C4H8FNO2/c1-6-3(2-5)4(7)8/h3,6H,2H2,1H3,(H,7,8). The molecule has 2 N–H and O–H groups in total. The Morgan fingerprint density at radius 3 is 2.50 bits per heavy atom. The van der Waals surface area contributed by atoms with E-state index in [1.54, 1.807) is 0 Å². The van der Waals surface area contributed by atoms with Gasteiger partial charge in [0.05, 0.1) is 0 Å². The summed E-state index contributed by atoms with van der Waals surface area (Å²) in [6.45, 7) is -0.869. The van der Waals surface area contributed by atoms with E-state index in [1.807, 2.05) is 0 Å². The molecule has 8 heavy (non-hydrogen) atoms. The van der Waals surface area contributed by atoms with Gasteiger partial charge in [-0.2, -0.15) is 0 Å². The van der Waals surface area contributed by atoms with Crippen LogP contribution in [0.1, 0.15) is 0 Å². The first-order chi connectivity index (χ1) is 3.72. The number of carboxylic acid groups (broad SMARTS) is 1. The number of aliphatic carboxylic acids is 1. The van der Waals surface area contributed by atoms with Gasteiger partial charge in [-0.25, -0.2) is 4.39 Å². The SMILES string of the molecule is CNC(CF)C(=O)O. The summed E-state index contributed by atoms with van der Waals surface area (Å²) in [4.78, 5) is 9.86. The van der Waals surface area contributed by atoms with Crippen molar-refractivity contribution < 1.29 is 14.3 Å². The Hall–Kier alpha value is -0.640. The molecule has 0 aromatic rings. The fourth-order valence-corrected chi connectivity index (χ4v) is 0.267. The summed E-state index contributed by atoms with van der Waals surface area (Å²) in [5, 5.41) is 10.3. The Balaban J connectivity index is 3.52. The van der Waals surface area contributed by atoms with Gasteiger partial charge in [0, 0.05) is 0 Å². The fraction of sp³-hybridized carbons (Fsp3) is 0.750. The number of rotatable bonds is 3. The molecule has 3 nitrogen and oxygen atoms in total. The average Bonchev–Trinajstić information content (AvgIpc) is 1.69. The van der Waals surface area contributed by atoms with Gasteiger partial charge in [0.1, 0.15) is 12.7 Å². The Kier molecular flexibility index (Phi) is 3.10. The largest absolute Gasteiger partial charge is 0.480 e. The van der Waals surface area contributed by atoms with Gasteiger partial charge in [0.25, 0.3) is 0 Å². The molecule has 0 aromatic carbocycles. The molecule has 0 aromatic heterocycles. The number of halogens is 1. The Labute approximate surface area is 46.5 Å². The highest BCUT2D eigenvalue weighted by molar-refractivity contribution is 5.73. The molecule has 1 unspecified atom stereocenters. The topological polar surface area (TPSA) is 49.3 Å². The summed E-state index contributed by atoms with van der Waals surface area (Å²) in [5.41, 5.74) is 0. The molecule has 48 valence electrons. The lowest BCUT2D eigenvalue weighted by atomic mass is 10.3. The zero-order valence-electron chi connectivity index (χ0n) is 4.52. The zero-order chi connectivity index (χ0) is 6.57. The van der Waals surface area contributed by atoms with Crippen LogP contribution in [-0.2, 0) is 4.79 Å². The predicted molar refractivity (Wildman–Crippen MR) is 26.5 cm³/mol. The van der Waals surface area contributed by atoms with E-state index >= 15 is 0 Å². The number of hydrogen-bond acceptors (Lipinski definition) is 2. The molecular formula is C4H8FNO2. The maximum Gasteiger partial charge on any atom is 0.323 e. The minimum absolute atomic E-state index is 0.869. The monoisotopic (exact) mass is 121 g/mol. The molecule has 0 heterocycles. The van der Waals surface area contributed by atoms with Gasteiger partial charge < -0.3 is 10.4 Å². The molecule has 0 aliphatic carbocycles. The molecular weight excluding hydrogens is 113 g/mol. The van der Waals surface area contributed by atoms with Gasteiger partial charge >= 0.3 is 5.97 Å². The third-order valence-electron chi connectivity index (χ3n) is 0.801. The van der Waals surface area contributed by atoms with Gasteiger partial charge in [0.15, 0.2) is 0 Å². The van der Waals surface area contributed by atoms with Crippen LogP contribution in [0.4, 0.5) is 4.39 Å². The van der Waals surface area contributed by atoms with E-state index in [1.165, 1.54) is 7.05 Å². The van der Waals surface area contributed by atoms with E-state index in [9.17, 15) is 9.18 Å². The molecule has 0 spiro atoms. The second-order valence-corrected chi connectivity index (χ2v) is 1.33. The zero-order valence-corrected chi connectivity index (χ0v) is 4.52. The van der Waals surface area contributed by atoms with Crippen LogP contribution in [0.2, 0.25) is 0 Å². The quantitative estimate of drug-likeness (QED) is 0.535. The smallest absolute Gasteiger partial charge is 0.323 e. The van der Waals surface area contributed by atoms with Gasteiger partial charge in [-0.1, -0.05) is 0 Å². The van der Waals surface area contributed by atoms with E-state index in [0.29, 0.717) is 0 Å². The van der Waals surface area contributed by atoms with Crippen LogP contribution in [0.25, 0.3) is 0 Å². The molecule has 0 rings (SSSR count). The Morgan fingerprint density at radius 1 is 2.00 bits per heavy atom. The van der Waals surface area contributed by atoms with Crippen molar-refractivity contribution in [2.45, 2.75) is 6.04 Å². The van der Waals surface area contributed by atoms with Crippen molar-refractivity contribution in [3.8, 4) is 0 Å². The average molecular weight is 121 g/mol. The molecule has 0 bridgehead atoms. The molecule has 0 aliphatic rings. The summed E-state index contributed by atoms with van der Waals surface area (Å²) in [6, 6.07) is -1.05. The first kappa shape index (κ1) is 7.36. The van der Waals surface area contributed by atoms with E-state index in [2.05, 4.69) is 5.32 Å². The highest BCUT2D eigenvalue weighted by Crippen LogP contribution is 1.81. The second kappa shape index (κ2) is 3.37. The maximum atomic E-state index is 11.5. The highest BCUT2D eigenvalue weighted by atomic mass is 19.1. The molecule has 0 saturated carbocycles. The predicted octanol–water partition coefficient (Wildman–Crippen LogP) is -0.372. The third kappa shape index (κ3) is 1.88. The van der Waals surface area contributed by atoms with Gasteiger partial charge in [-0.15, -0.1) is 0 Å². The number of carbonyl (C=O) groups is 1. The Bertz CT molecular complexity index is 82.1. The summed E-state index contributed by atoms with van der Waals surface area (Å²) in [5.74, 6) is -1.16. The van der Waals surface area contributed by atoms with Crippen molar-refractivity contribution in [3.05, 3.63) is 0 Å². The van der Waals surface area contributed by atoms with Gasteiger partial charge in [0.2, 0.25) is 0 Å². The van der Waals surface area contributed by atoms with Crippen LogP contribution in [-0.4, -0.2) is 30.8 Å². The minimum atomic E-state index is -1.16. The molecule has 4 heteroatoms. The first-order valence-electron chi connectivity index (χ1n) is 2.18. The molecule has 1 atom stereocenters. The normalized spacial score (nSPS) is 13.2. The summed E-state index contributed by atoms with van der Waals surface area (Å²) < 4.78 is 11.5. The molecule has 0 amide bonds. The van der Waals surface area contributed by atoms with Crippen molar-refractivity contribution in [1.29, 1.82) is 0 Å². The lowest BCUT2D eigenvalue weighted by Gasteiger charge is -2.02. The lowest BCUT2D eigenvalue weighted by molar-refractivity contribution is -0.139. The number of nitrogens with one attached hydrogen (secondary N) is 1. The highest BCUT2D eigenvalue weighted by Gasteiger charge is 2.12. The van der Waals surface area contributed by atoms with Gasteiger partial charge in [-0.3, -0.25) is 4.79 Å². The maximum absolute atomic E-state index is 11.5. The van der Waals surface area contributed by atoms with Crippen molar-refractivity contribution in [2.75, 3.05) is 13.7 Å². The fourth-order valence-electron chi connectivity index (χ4n) is 0.267. The van der Waals surface area contributed by atoms with Crippen molar-refractivity contribution in [1.82, 2.24) is 5.32 Å². The summed E-state index contributed by atoms with van der Waals surface area (Å²) >= 11 is 0. The van der Waals surface area contributed by atoms with Crippen molar-refractivity contribution >= 4 is 5.97 Å². The van der Waals surface area contributed by atoms with E-state index < -0.39 is 18.7 Å². The molecule has 0 saturated heterocycles. The Morgan fingerprint density at radius 2 is 2.50 bits per heavy atom.